The third-order valence-corrected chi connectivity index (χ3v) is 5.85. The van der Waals surface area contributed by atoms with Crippen molar-refractivity contribution in [3.63, 3.8) is 0 Å². The lowest BCUT2D eigenvalue weighted by atomic mass is 9.80. The molecule has 138 valence electrons. The number of ether oxygens (including phenoxy) is 1. The van der Waals surface area contributed by atoms with Gasteiger partial charge in [0.15, 0.2) is 0 Å². The maximum Gasteiger partial charge on any atom is 0.337 e. The van der Waals surface area contributed by atoms with Crippen LogP contribution in [0, 0.1) is 5.92 Å². The van der Waals surface area contributed by atoms with Crippen LogP contribution in [0.15, 0.2) is 42.1 Å². The molecule has 5 nitrogen and oxygen atoms in total. The summed E-state index contributed by atoms with van der Waals surface area (Å²) in [5, 5.41) is 3.84. The van der Waals surface area contributed by atoms with Crippen LogP contribution < -0.4 is 0 Å². The first-order chi connectivity index (χ1) is 12.7. The van der Waals surface area contributed by atoms with Crippen LogP contribution in [0.1, 0.15) is 57.1 Å². The van der Waals surface area contributed by atoms with Crippen LogP contribution in [0.25, 0.3) is 0 Å². The van der Waals surface area contributed by atoms with E-state index in [4.69, 9.17) is 4.74 Å². The smallest absolute Gasteiger partial charge is 0.337 e. The quantitative estimate of drug-likeness (QED) is 0.776. The predicted octanol–water partition coefficient (Wildman–Crippen LogP) is 3.59. The molecule has 1 aromatic carbocycles. The number of carbonyl (C=O) groups is 2. The van der Waals surface area contributed by atoms with Crippen molar-refractivity contribution >= 4 is 11.9 Å². The summed E-state index contributed by atoms with van der Waals surface area (Å²) in [5.74, 6) is 0.164. The van der Waals surface area contributed by atoms with Crippen molar-refractivity contribution in [1.29, 1.82) is 0 Å². The number of amides is 1. The minimum atomic E-state index is -0.280. The Labute approximate surface area is 154 Å². The zero-order valence-electron chi connectivity index (χ0n) is 15.3. The molecule has 0 bridgehead atoms. The van der Waals surface area contributed by atoms with Crippen molar-refractivity contribution < 1.29 is 14.3 Å². The third kappa shape index (κ3) is 2.94. The molecule has 0 aromatic heterocycles. The fourth-order valence-electron chi connectivity index (χ4n) is 4.70. The van der Waals surface area contributed by atoms with Gasteiger partial charge in [-0.05, 0) is 31.2 Å². The van der Waals surface area contributed by atoms with Crippen molar-refractivity contribution in [2.75, 3.05) is 6.61 Å². The molecular weight excluding hydrogens is 328 g/mol. The summed E-state index contributed by atoms with van der Waals surface area (Å²) >= 11 is 0. The standard InChI is InChI=1S/C21H26N2O3/c1-2-26-21(25)17-14-22-19(24)13-18(15-9-5-3-6-10-15)23(22)20(17)16-11-7-4-8-12-16/h3,5-6,9-10,14,16,18,20H,2,4,7-8,11-13H2,1H3/t18-,20-/m1/s1. The van der Waals surface area contributed by atoms with Gasteiger partial charge < -0.3 is 4.74 Å². The molecule has 2 atom stereocenters. The highest BCUT2D eigenvalue weighted by atomic mass is 16.5. The van der Waals surface area contributed by atoms with Crippen molar-refractivity contribution in [3.8, 4) is 0 Å². The van der Waals surface area contributed by atoms with E-state index < -0.39 is 0 Å². The number of hydrogen-bond donors (Lipinski definition) is 0. The maximum atomic E-state index is 12.7. The molecule has 0 N–H and O–H groups in total. The summed E-state index contributed by atoms with van der Waals surface area (Å²) in [6.45, 7) is 2.17. The Morgan fingerprint density at radius 3 is 2.58 bits per heavy atom. The molecule has 2 fully saturated rings. The van der Waals surface area contributed by atoms with Crippen LogP contribution in [-0.2, 0) is 14.3 Å². The molecule has 26 heavy (non-hydrogen) atoms. The largest absolute Gasteiger partial charge is 0.463 e. The fraction of sp³-hybridized carbons (Fsp3) is 0.524. The van der Waals surface area contributed by atoms with Gasteiger partial charge in [-0.2, -0.15) is 5.01 Å². The van der Waals surface area contributed by atoms with Gasteiger partial charge in [-0.3, -0.25) is 4.79 Å². The van der Waals surface area contributed by atoms with Crippen LogP contribution in [0.4, 0.5) is 0 Å². The van der Waals surface area contributed by atoms with Crippen LogP contribution in [0.3, 0.4) is 0 Å². The van der Waals surface area contributed by atoms with E-state index in [9.17, 15) is 9.59 Å². The normalized spacial score (nSPS) is 26.7. The second-order valence-corrected chi connectivity index (χ2v) is 7.40. The molecule has 1 amide bonds. The highest BCUT2D eigenvalue weighted by molar-refractivity contribution is 5.92. The number of rotatable bonds is 4. The van der Waals surface area contributed by atoms with Crippen molar-refractivity contribution in [1.82, 2.24) is 10.0 Å². The predicted molar refractivity (Wildman–Crippen MR) is 97.6 cm³/mol. The summed E-state index contributed by atoms with van der Waals surface area (Å²) in [6.07, 6.45) is 8.03. The molecule has 1 saturated carbocycles. The topological polar surface area (TPSA) is 49.9 Å². The highest BCUT2D eigenvalue weighted by Gasteiger charge is 2.51. The molecule has 2 aliphatic heterocycles. The average Bonchev–Trinajstić information content (AvgIpc) is 3.21. The Bertz CT molecular complexity index is 709. The summed E-state index contributed by atoms with van der Waals surface area (Å²) < 4.78 is 5.32. The second-order valence-electron chi connectivity index (χ2n) is 7.40. The molecule has 3 aliphatic rings. The number of carbonyl (C=O) groups excluding carboxylic acids is 2. The molecule has 4 rings (SSSR count). The van der Waals surface area contributed by atoms with Crippen LogP contribution in [0.2, 0.25) is 0 Å². The van der Waals surface area contributed by atoms with Gasteiger partial charge in [-0.25, -0.2) is 9.80 Å². The number of esters is 1. The first-order valence-corrected chi connectivity index (χ1v) is 9.74. The lowest BCUT2D eigenvalue weighted by molar-refractivity contribution is -0.140. The molecule has 0 radical (unpaired) electrons. The number of hydrogen-bond acceptors (Lipinski definition) is 4. The Kier molecular flexibility index (Phi) is 4.81. The number of benzene rings is 1. The Balaban J connectivity index is 1.71. The molecule has 1 aromatic rings. The van der Waals surface area contributed by atoms with Gasteiger partial charge in [0.1, 0.15) is 0 Å². The number of fused-ring (bicyclic) bond motifs is 1. The first-order valence-electron chi connectivity index (χ1n) is 9.74. The molecule has 0 spiro atoms. The van der Waals surface area contributed by atoms with Gasteiger partial charge in [0, 0.05) is 6.20 Å². The highest BCUT2D eigenvalue weighted by Crippen LogP contribution is 2.46. The van der Waals surface area contributed by atoms with E-state index in [-0.39, 0.29) is 24.0 Å². The number of hydrazine groups is 1. The van der Waals surface area contributed by atoms with Gasteiger partial charge in [-0.1, -0.05) is 49.6 Å². The minimum Gasteiger partial charge on any atom is -0.463 e. The van der Waals surface area contributed by atoms with E-state index in [0.29, 0.717) is 24.5 Å². The summed E-state index contributed by atoms with van der Waals surface area (Å²) in [5.41, 5.74) is 1.77. The van der Waals surface area contributed by atoms with E-state index in [1.54, 1.807) is 11.2 Å². The van der Waals surface area contributed by atoms with Gasteiger partial charge in [0.25, 0.3) is 0 Å². The lowest BCUT2D eigenvalue weighted by Crippen LogP contribution is -2.44. The molecule has 2 heterocycles. The Morgan fingerprint density at radius 1 is 1.15 bits per heavy atom. The van der Waals surface area contributed by atoms with E-state index in [1.165, 1.54) is 19.3 Å². The van der Waals surface area contributed by atoms with Crippen molar-refractivity contribution in [2.24, 2.45) is 5.92 Å². The molecule has 1 saturated heterocycles. The van der Waals surface area contributed by atoms with Crippen molar-refractivity contribution in [3.05, 3.63) is 47.7 Å². The van der Waals surface area contributed by atoms with Gasteiger partial charge in [-0.15, -0.1) is 0 Å². The Morgan fingerprint density at radius 2 is 1.88 bits per heavy atom. The third-order valence-electron chi connectivity index (χ3n) is 5.85. The lowest BCUT2D eigenvalue weighted by Gasteiger charge is -2.38. The summed E-state index contributed by atoms with van der Waals surface area (Å²) in [7, 11) is 0. The zero-order valence-corrected chi connectivity index (χ0v) is 15.3. The maximum absolute atomic E-state index is 12.7. The molecule has 1 aliphatic carbocycles. The van der Waals surface area contributed by atoms with E-state index in [1.807, 2.05) is 25.1 Å². The SMILES string of the molecule is CCOC(=O)C1=CN2C(=O)C[C@H](c3ccccc3)N2[C@@H]1C1CCCCC1. The van der Waals surface area contributed by atoms with Gasteiger partial charge >= 0.3 is 5.97 Å². The Hall–Kier alpha value is -2.14. The molecule has 0 unspecified atom stereocenters. The molecule has 5 heteroatoms. The first kappa shape index (κ1) is 17.3. The minimum absolute atomic E-state index is 0.0150. The monoisotopic (exact) mass is 354 g/mol. The second kappa shape index (κ2) is 7.23. The number of nitrogens with zero attached hydrogens (tertiary/aromatic N) is 2. The van der Waals surface area contributed by atoms with E-state index in [0.717, 1.165) is 18.4 Å². The van der Waals surface area contributed by atoms with E-state index in [2.05, 4.69) is 17.1 Å². The van der Waals surface area contributed by atoms with Crippen LogP contribution in [-0.4, -0.2) is 34.5 Å². The fourth-order valence-corrected chi connectivity index (χ4v) is 4.70. The van der Waals surface area contributed by atoms with Crippen LogP contribution >= 0.6 is 0 Å². The molecular formula is C21H26N2O3. The van der Waals surface area contributed by atoms with Crippen LogP contribution in [0.5, 0.6) is 0 Å². The van der Waals surface area contributed by atoms with Gasteiger partial charge in [0.2, 0.25) is 5.91 Å². The van der Waals surface area contributed by atoms with Crippen molar-refractivity contribution in [2.45, 2.75) is 57.5 Å². The zero-order chi connectivity index (χ0) is 18.1. The summed E-state index contributed by atoms with van der Waals surface area (Å²) in [4.78, 5) is 25.3. The summed E-state index contributed by atoms with van der Waals surface area (Å²) in [6, 6.07) is 10.1. The van der Waals surface area contributed by atoms with E-state index >= 15 is 0 Å². The van der Waals surface area contributed by atoms with Gasteiger partial charge in [0.05, 0.1) is 30.7 Å². The average molecular weight is 354 g/mol.